The molecule has 0 spiro atoms. The van der Waals surface area contributed by atoms with Crippen molar-refractivity contribution in [3.8, 4) is 0 Å². The van der Waals surface area contributed by atoms with Gasteiger partial charge in [0.2, 0.25) is 0 Å². The van der Waals surface area contributed by atoms with Gasteiger partial charge in [0.05, 0.1) is 0 Å². The second kappa shape index (κ2) is 9.73. The maximum absolute atomic E-state index is 12.1. The van der Waals surface area contributed by atoms with Gasteiger partial charge in [-0.2, -0.15) is 4.99 Å². The summed E-state index contributed by atoms with van der Waals surface area (Å²) in [6, 6.07) is 17.0. The highest BCUT2D eigenvalue weighted by Gasteiger charge is 2.12. The van der Waals surface area contributed by atoms with Crippen molar-refractivity contribution < 1.29 is 4.79 Å². The summed E-state index contributed by atoms with van der Waals surface area (Å²) in [5.74, 6) is 0.185. The molecular weight excluding hydrogens is 360 g/mol. The molecule has 0 aliphatic carbocycles. The number of benzene rings is 2. The van der Waals surface area contributed by atoms with Crippen molar-refractivity contribution >= 4 is 23.3 Å². The van der Waals surface area contributed by atoms with Crippen molar-refractivity contribution in [3.63, 3.8) is 0 Å². The number of carbonyl (C=O) groups is 1. The molecule has 0 unspecified atom stereocenters. The summed E-state index contributed by atoms with van der Waals surface area (Å²) in [5, 5.41) is 6.03. The summed E-state index contributed by atoms with van der Waals surface area (Å²) in [5.41, 5.74) is 10.5. The van der Waals surface area contributed by atoms with Gasteiger partial charge in [-0.3, -0.25) is 0 Å². The number of anilines is 1. The molecule has 29 heavy (non-hydrogen) atoms. The molecule has 2 rings (SSSR count). The number of carbonyl (C=O) groups excluding carboxylic acids is 1. The lowest BCUT2D eigenvalue weighted by Gasteiger charge is -2.19. The SMILES string of the molecule is C=C(NCc1ccccc1)c1ccc(NC(=O)/N=C(N)\C=C(/C)C(C)(C)C)cc1. The van der Waals surface area contributed by atoms with E-state index < -0.39 is 6.03 Å². The number of amides is 2. The molecule has 0 fully saturated rings. The third kappa shape index (κ3) is 7.30. The Kier molecular flexibility index (Phi) is 7.37. The van der Waals surface area contributed by atoms with E-state index in [1.807, 2.05) is 49.4 Å². The highest BCUT2D eigenvalue weighted by Crippen LogP contribution is 2.23. The van der Waals surface area contributed by atoms with Crippen molar-refractivity contribution in [3.05, 3.63) is 84.0 Å². The van der Waals surface area contributed by atoms with E-state index in [0.29, 0.717) is 12.2 Å². The molecule has 0 saturated heterocycles. The third-order valence-electron chi connectivity index (χ3n) is 4.61. The average Bonchev–Trinajstić information content (AvgIpc) is 2.66. The van der Waals surface area contributed by atoms with Crippen LogP contribution in [0.2, 0.25) is 0 Å². The van der Waals surface area contributed by atoms with Gasteiger partial charge in [0.15, 0.2) is 0 Å². The molecule has 0 aliphatic rings. The number of nitrogens with one attached hydrogen (secondary N) is 2. The number of rotatable bonds is 6. The molecule has 0 aliphatic heterocycles. The molecule has 0 bridgehead atoms. The molecule has 5 heteroatoms. The second-order valence-electron chi connectivity index (χ2n) is 7.94. The van der Waals surface area contributed by atoms with Gasteiger partial charge in [-0.05, 0) is 41.7 Å². The molecule has 2 aromatic rings. The van der Waals surface area contributed by atoms with Crippen LogP contribution < -0.4 is 16.4 Å². The van der Waals surface area contributed by atoms with Crippen LogP contribution in [0.25, 0.3) is 5.70 Å². The zero-order valence-electron chi connectivity index (χ0n) is 17.6. The van der Waals surface area contributed by atoms with Crippen LogP contribution in [0.15, 0.2) is 77.8 Å². The maximum atomic E-state index is 12.1. The van der Waals surface area contributed by atoms with E-state index in [9.17, 15) is 4.79 Å². The maximum Gasteiger partial charge on any atom is 0.347 e. The lowest BCUT2D eigenvalue weighted by Crippen LogP contribution is -2.17. The summed E-state index contributed by atoms with van der Waals surface area (Å²) >= 11 is 0. The predicted octanol–water partition coefficient (Wildman–Crippen LogP) is 5.33. The predicted molar refractivity (Wildman–Crippen MR) is 123 cm³/mol. The van der Waals surface area contributed by atoms with Crippen LogP contribution in [0.3, 0.4) is 0 Å². The fourth-order valence-electron chi connectivity index (χ4n) is 2.40. The Labute approximate surface area is 173 Å². The Hall–Kier alpha value is -3.34. The van der Waals surface area contributed by atoms with E-state index in [1.165, 1.54) is 5.56 Å². The van der Waals surface area contributed by atoms with Gasteiger partial charge >= 0.3 is 6.03 Å². The van der Waals surface area contributed by atoms with Crippen molar-refractivity contribution in [1.82, 2.24) is 5.32 Å². The molecule has 0 atom stereocenters. The monoisotopic (exact) mass is 390 g/mol. The summed E-state index contributed by atoms with van der Waals surface area (Å²) in [4.78, 5) is 16.0. The fourth-order valence-corrected chi connectivity index (χ4v) is 2.40. The minimum atomic E-state index is -0.505. The van der Waals surface area contributed by atoms with Crippen LogP contribution in [-0.2, 0) is 6.54 Å². The Balaban J connectivity index is 1.93. The van der Waals surface area contributed by atoms with E-state index in [0.717, 1.165) is 16.8 Å². The lowest BCUT2D eigenvalue weighted by atomic mass is 9.87. The number of hydrogen-bond acceptors (Lipinski definition) is 2. The first-order valence-corrected chi connectivity index (χ1v) is 9.56. The first-order valence-electron chi connectivity index (χ1n) is 9.56. The van der Waals surface area contributed by atoms with E-state index in [2.05, 4.69) is 55.1 Å². The van der Waals surface area contributed by atoms with Gasteiger partial charge in [-0.25, -0.2) is 4.79 Å². The molecule has 2 aromatic carbocycles. The van der Waals surface area contributed by atoms with Gasteiger partial charge in [-0.1, -0.05) is 75.4 Å². The smallest absolute Gasteiger partial charge is 0.347 e. The number of hydrogen-bond donors (Lipinski definition) is 3. The summed E-state index contributed by atoms with van der Waals surface area (Å²) < 4.78 is 0. The topological polar surface area (TPSA) is 79.5 Å². The van der Waals surface area contributed by atoms with Gasteiger partial charge in [0, 0.05) is 17.9 Å². The van der Waals surface area contributed by atoms with Gasteiger partial charge in [0.25, 0.3) is 0 Å². The van der Waals surface area contributed by atoms with Crippen molar-refractivity contribution in [2.24, 2.45) is 16.1 Å². The molecular formula is C24H30N4O. The third-order valence-corrected chi connectivity index (χ3v) is 4.61. The van der Waals surface area contributed by atoms with Gasteiger partial charge in [0.1, 0.15) is 5.84 Å². The van der Waals surface area contributed by atoms with Crippen LogP contribution >= 0.6 is 0 Å². The van der Waals surface area contributed by atoms with Crippen LogP contribution in [0.5, 0.6) is 0 Å². The first kappa shape index (κ1) is 22.0. The standard InChI is InChI=1S/C24H30N4O/c1-17(24(3,4)5)15-22(25)28-23(29)27-21-13-11-20(12-14-21)18(2)26-16-19-9-7-6-8-10-19/h6-15,26H,2,16H2,1,3-5H3,(H3,25,27,28,29)/b17-15+. The normalized spacial score (nSPS) is 12.4. The van der Waals surface area contributed by atoms with E-state index >= 15 is 0 Å². The largest absolute Gasteiger partial charge is 0.384 e. The van der Waals surface area contributed by atoms with E-state index in [1.54, 1.807) is 6.08 Å². The summed E-state index contributed by atoms with van der Waals surface area (Å²) in [6.07, 6.45) is 1.73. The molecule has 152 valence electrons. The van der Waals surface area contributed by atoms with Crippen molar-refractivity contribution in [2.75, 3.05) is 5.32 Å². The summed E-state index contributed by atoms with van der Waals surface area (Å²) in [6.45, 7) is 13.0. The number of nitrogens with zero attached hydrogens (tertiary/aromatic N) is 1. The number of urea groups is 1. The number of aliphatic imine (C=N–C) groups is 1. The Morgan fingerprint density at radius 1 is 1.10 bits per heavy atom. The quantitative estimate of drug-likeness (QED) is 0.461. The van der Waals surface area contributed by atoms with Crippen LogP contribution in [0.1, 0.15) is 38.8 Å². The molecule has 0 aromatic heterocycles. The molecule has 0 heterocycles. The Morgan fingerprint density at radius 2 is 1.72 bits per heavy atom. The minimum absolute atomic E-state index is 0.0244. The lowest BCUT2D eigenvalue weighted by molar-refractivity contribution is 0.259. The molecule has 5 nitrogen and oxygen atoms in total. The van der Waals surface area contributed by atoms with E-state index in [-0.39, 0.29) is 11.3 Å². The van der Waals surface area contributed by atoms with Crippen molar-refractivity contribution in [2.45, 2.75) is 34.2 Å². The van der Waals surface area contributed by atoms with Crippen LogP contribution in [0, 0.1) is 5.41 Å². The van der Waals surface area contributed by atoms with Gasteiger partial charge in [-0.15, -0.1) is 0 Å². The minimum Gasteiger partial charge on any atom is -0.384 e. The highest BCUT2D eigenvalue weighted by atomic mass is 16.2. The molecule has 0 radical (unpaired) electrons. The molecule has 2 amide bonds. The van der Waals surface area contributed by atoms with Crippen LogP contribution in [0.4, 0.5) is 10.5 Å². The first-order chi connectivity index (χ1) is 13.6. The number of allylic oxidation sites excluding steroid dienone is 1. The zero-order chi connectivity index (χ0) is 21.4. The Bertz CT molecular complexity index is 904. The number of nitrogens with two attached hydrogens (primary N) is 1. The van der Waals surface area contributed by atoms with Crippen molar-refractivity contribution in [1.29, 1.82) is 0 Å². The summed E-state index contributed by atoms with van der Waals surface area (Å²) in [7, 11) is 0. The molecule has 4 N–H and O–H groups in total. The highest BCUT2D eigenvalue weighted by molar-refractivity contribution is 6.03. The van der Waals surface area contributed by atoms with Crippen LogP contribution in [-0.4, -0.2) is 11.9 Å². The Morgan fingerprint density at radius 3 is 2.31 bits per heavy atom. The zero-order valence-corrected chi connectivity index (χ0v) is 17.6. The number of amidine groups is 1. The fraction of sp³-hybridized carbons (Fsp3) is 0.250. The second-order valence-corrected chi connectivity index (χ2v) is 7.94. The molecule has 0 saturated carbocycles. The van der Waals surface area contributed by atoms with E-state index in [4.69, 9.17) is 5.73 Å². The average molecular weight is 391 g/mol. The van der Waals surface area contributed by atoms with Gasteiger partial charge < -0.3 is 16.4 Å².